The molecule has 0 saturated heterocycles. The molecule has 0 spiro atoms. The van der Waals surface area contributed by atoms with Gasteiger partial charge in [0.2, 0.25) is 5.13 Å². The zero-order valence-electron chi connectivity index (χ0n) is 15.0. The molecule has 152 valence electrons. The maximum atomic E-state index is 12.6. The SMILES string of the molecule is Cc1nsc(NS(=O)c2ccc(C(=O)NCc3ccc(C(F)(F)F)cc3)cc2)n1. The Bertz CT molecular complexity index is 1020. The van der Waals surface area contributed by atoms with E-state index in [4.69, 9.17) is 0 Å². The van der Waals surface area contributed by atoms with E-state index >= 15 is 0 Å². The number of hydrogen-bond donors (Lipinski definition) is 2. The van der Waals surface area contributed by atoms with E-state index in [0.717, 1.165) is 23.7 Å². The highest BCUT2D eigenvalue weighted by Gasteiger charge is 2.29. The first-order chi connectivity index (χ1) is 13.7. The van der Waals surface area contributed by atoms with Crippen LogP contribution in [0, 0.1) is 6.92 Å². The van der Waals surface area contributed by atoms with Gasteiger partial charge in [0, 0.05) is 23.6 Å². The van der Waals surface area contributed by atoms with Crippen molar-refractivity contribution in [3.63, 3.8) is 0 Å². The summed E-state index contributed by atoms with van der Waals surface area (Å²) in [7, 11) is -1.55. The van der Waals surface area contributed by atoms with Crippen LogP contribution >= 0.6 is 11.5 Å². The summed E-state index contributed by atoms with van der Waals surface area (Å²) < 4.78 is 56.7. The number of rotatable bonds is 6. The number of amides is 1. The molecular weight excluding hydrogens is 425 g/mol. The third kappa shape index (κ3) is 5.61. The van der Waals surface area contributed by atoms with E-state index < -0.39 is 28.6 Å². The van der Waals surface area contributed by atoms with Crippen molar-refractivity contribution in [1.82, 2.24) is 14.7 Å². The average Bonchev–Trinajstić information content (AvgIpc) is 3.10. The van der Waals surface area contributed by atoms with Gasteiger partial charge in [0.05, 0.1) is 10.5 Å². The number of alkyl halides is 3. The van der Waals surface area contributed by atoms with Crippen LogP contribution < -0.4 is 10.0 Å². The molecule has 0 radical (unpaired) electrons. The van der Waals surface area contributed by atoms with Gasteiger partial charge in [-0.15, -0.1) is 0 Å². The molecule has 0 aliphatic heterocycles. The van der Waals surface area contributed by atoms with E-state index in [1.165, 1.54) is 24.3 Å². The lowest BCUT2D eigenvalue weighted by atomic mass is 10.1. The van der Waals surface area contributed by atoms with E-state index in [9.17, 15) is 22.2 Å². The predicted octanol–water partition coefficient (Wildman–Crippen LogP) is 3.93. The van der Waals surface area contributed by atoms with Crippen LogP contribution in [0.25, 0.3) is 0 Å². The van der Waals surface area contributed by atoms with Crippen molar-refractivity contribution in [1.29, 1.82) is 0 Å². The van der Waals surface area contributed by atoms with Crippen molar-refractivity contribution in [2.75, 3.05) is 4.72 Å². The summed E-state index contributed by atoms with van der Waals surface area (Å²) in [6.45, 7) is 1.81. The molecule has 2 aromatic carbocycles. The smallest absolute Gasteiger partial charge is 0.348 e. The van der Waals surface area contributed by atoms with Crippen molar-refractivity contribution >= 4 is 33.6 Å². The molecule has 0 bridgehead atoms. The quantitative estimate of drug-likeness (QED) is 0.608. The Kier molecular flexibility index (Phi) is 6.28. The summed E-state index contributed by atoms with van der Waals surface area (Å²) in [5.41, 5.74) is 0.138. The monoisotopic (exact) mass is 440 g/mol. The maximum Gasteiger partial charge on any atom is 0.416 e. The number of hydrogen-bond acceptors (Lipinski definition) is 5. The van der Waals surface area contributed by atoms with Gasteiger partial charge in [-0.2, -0.15) is 17.5 Å². The summed E-state index contributed by atoms with van der Waals surface area (Å²) in [5.74, 6) is 0.185. The number of aromatic nitrogens is 2. The Hall–Kier alpha value is -2.79. The molecule has 0 aliphatic carbocycles. The van der Waals surface area contributed by atoms with Crippen LogP contribution in [0.1, 0.15) is 27.3 Å². The van der Waals surface area contributed by atoms with Gasteiger partial charge >= 0.3 is 6.18 Å². The van der Waals surface area contributed by atoms with Crippen LogP contribution in [0.5, 0.6) is 0 Å². The first kappa shape index (κ1) is 20.9. The van der Waals surface area contributed by atoms with Crippen LogP contribution in [-0.2, 0) is 23.7 Å². The summed E-state index contributed by atoms with van der Waals surface area (Å²) in [6, 6.07) is 10.7. The third-order valence-corrected chi connectivity index (χ3v) is 5.70. The molecule has 2 N–H and O–H groups in total. The van der Waals surface area contributed by atoms with Gasteiger partial charge in [0.1, 0.15) is 5.82 Å². The molecule has 1 aromatic heterocycles. The Morgan fingerprint density at radius 3 is 2.31 bits per heavy atom. The lowest BCUT2D eigenvalue weighted by molar-refractivity contribution is -0.137. The zero-order chi connectivity index (χ0) is 21.0. The van der Waals surface area contributed by atoms with Gasteiger partial charge in [-0.05, 0) is 48.9 Å². The number of nitrogens with zero attached hydrogens (tertiary/aromatic N) is 2. The van der Waals surface area contributed by atoms with E-state index in [0.29, 0.717) is 27.0 Å². The second-order valence-corrected chi connectivity index (χ2v) is 7.88. The number of benzene rings is 2. The van der Waals surface area contributed by atoms with Crippen LogP contribution in [-0.4, -0.2) is 19.5 Å². The second kappa shape index (κ2) is 8.70. The molecule has 3 rings (SSSR count). The van der Waals surface area contributed by atoms with Gasteiger partial charge in [-0.3, -0.25) is 9.52 Å². The minimum absolute atomic E-state index is 0.0859. The highest BCUT2D eigenvalue weighted by atomic mass is 32.2. The third-order valence-electron chi connectivity index (χ3n) is 3.77. The fourth-order valence-corrected chi connectivity index (χ4v) is 3.82. The molecule has 6 nitrogen and oxygen atoms in total. The van der Waals surface area contributed by atoms with Crippen LogP contribution in [0.4, 0.5) is 18.3 Å². The number of aryl methyl sites for hydroxylation is 1. The van der Waals surface area contributed by atoms with Crippen LogP contribution in [0.15, 0.2) is 53.4 Å². The van der Waals surface area contributed by atoms with E-state index in [2.05, 4.69) is 19.4 Å². The number of nitrogens with one attached hydrogen (secondary N) is 2. The molecule has 1 atom stereocenters. The van der Waals surface area contributed by atoms with Gasteiger partial charge in [0.25, 0.3) is 5.91 Å². The Balaban J connectivity index is 1.56. The number of carbonyl (C=O) groups is 1. The molecule has 0 aliphatic rings. The molecule has 1 amide bonds. The lowest BCUT2D eigenvalue weighted by Crippen LogP contribution is -2.22. The van der Waals surface area contributed by atoms with Crippen LogP contribution in [0.3, 0.4) is 0 Å². The number of halogens is 3. The first-order valence-electron chi connectivity index (χ1n) is 8.25. The first-order valence-corrected chi connectivity index (χ1v) is 10.2. The lowest BCUT2D eigenvalue weighted by Gasteiger charge is -2.09. The molecule has 3 aromatic rings. The number of carbonyl (C=O) groups excluding carboxylic acids is 1. The normalized spacial score (nSPS) is 12.4. The van der Waals surface area contributed by atoms with Crippen molar-refractivity contribution < 1.29 is 22.2 Å². The van der Waals surface area contributed by atoms with Crippen molar-refractivity contribution in [3.8, 4) is 0 Å². The highest BCUT2D eigenvalue weighted by molar-refractivity contribution is 7.86. The molecule has 29 heavy (non-hydrogen) atoms. The van der Waals surface area contributed by atoms with Crippen molar-refractivity contribution in [2.24, 2.45) is 0 Å². The largest absolute Gasteiger partial charge is 0.416 e. The Morgan fingerprint density at radius 2 is 1.76 bits per heavy atom. The summed E-state index contributed by atoms with van der Waals surface area (Å²) in [6.07, 6.45) is -4.40. The predicted molar refractivity (Wildman–Crippen MR) is 104 cm³/mol. The van der Waals surface area contributed by atoms with E-state index in [1.807, 2.05) is 0 Å². The maximum absolute atomic E-state index is 12.6. The fourth-order valence-electron chi connectivity index (χ4n) is 2.30. The van der Waals surface area contributed by atoms with E-state index in [1.54, 1.807) is 19.1 Å². The standard InChI is InChI=1S/C18H15F3N4O2S2/c1-11-23-17(28-24-11)25-29(27)15-8-4-13(5-9-15)16(26)22-10-12-2-6-14(7-3-12)18(19,20)21/h2-9H,10H2,1H3,(H,22,26)(H,23,24,25). The Labute approximate surface area is 170 Å². The average molecular weight is 440 g/mol. The molecule has 0 fully saturated rings. The molecule has 11 heteroatoms. The Morgan fingerprint density at radius 1 is 1.10 bits per heavy atom. The molecule has 1 unspecified atom stereocenters. The van der Waals surface area contributed by atoms with Crippen LogP contribution in [0.2, 0.25) is 0 Å². The van der Waals surface area contributed by atoms with E-state index in [-0.39, 0.29) is 6.54 Å². The molecular formula is C18H15F3N4O2S2. The topological polar surface area (TPSA) is 84.0 Å². The molecule has 1 heterocycles. The zero-order valence-corrected chi connectivity index (χ0v) is 16.6. The summed E-state index contributed by atoms with van der Waals surface area (Å²) in [5, 5.41) is 3.07. The van der Waals surface area contributed by atoms with Gasteiger partial charge in [0.15, 0.2) is 11.0 Å². The van der Waals surface area contributed by atoms with Crippen molar-refractivity contribution in [3.05, 3.63) is 71.0 Å². The minimum atomic E-state index is -4.40. The highest BCUT2D eigenvalue weighted by Crippen LogP contribution is 2.29. The molecule has 0 saturated carbocycles. The minimum Gasteiger partial charge on any atom is -0.348 e. The summed E-state index contributed by atoms with van der Waals surface area (Å²) in [4.78, 5) is 16.7. The van der Waals surface area contributed by atoms with Gasteiger partial charge < -0.3 is 5.32 Å². The second-order valence-electron chi connectivity index (χ2n) is 5.92. The number of anilines is 1. The van der Waals surface area contributed by atoms with Crippen molar-refractivity contribution in [2.45, 2.75) is 24.5 Å². The fraction of sp³-hybridized carbons (Fsp3) is 0.167. The summed E-state index contributed by atoms with van der Waals surface area (Å²) >= 11 is 1.10. The van der Waals surface area contributed by atoms with Gasteiger partial charge in [-0.25, -0.2) is 9.19 Å². The van der Waals surface area contributed by atoms with Gasteiger partial charge in [-0.1, -0.05) is 12.1 Å².